The van der Waals surface area contributed by atoms with Crippen LogP contribution in [0.3, 0.4) is 0 Å². The van der Waals surface area contributed by atoms with Crippen LogP contribution in [-0.4, -0.2) is 22.1 Å². The van der Waals surface area contributed by atoms with Gasteiger partial charge < -0.3 is 4.74 Å². The van der Waals surface area contributed by atoms with E-state index in [9.17, 15) is 0 Å². The second-order valence-electron chi connectivity index (χ2n) is 2.90. The molecule has 0 aliphatic carbocycles. The van der Waals surface area contributed by atoms with Crippen molar-refractivity contribution in [1.29, 1.82) is 0 Å². The highest BCUT2D eigenvalue weighted by atomic mass is 79.9. The van der Waals surface area contributed by atoms with Crippen molar-refractivity contribution in [2.45, 2.75) is 10.2 Å². The van der Waals surface area contributed by atoms with Gasteiger partial charge in [0.05, 0.1) is 16.6 Å². The molecule has 0 aliphatic heterocycles. The lowest BCUT2D eigenvalue weighted by atomic mass is 10.5. The van der Waals surface area contributed by atoms with E-state index in [2.05, 4.69) is 30.9 Å². The maximum atomic E-state index is 6.00. The van der Waals surface area contributed by atoms with Crippen LogP contribution in [0.5, 0.6) is 5.88 Å². The Kier molecular flexibility index (Phi) is 4.20. The van der Waals surface area contributed by atoms with Crippen molar-refractivity contribution in [3.63, 3.8) is 0 Å². The van der Waals surface area contributed by atoms with Crippen LogP contribution in [0, 0.1) is 0 Å². The molecule has 88 valence electrons. The molecule has 17 heavy (non-hydrogen) atoms. The van der Waals surface area contributed by atoms with E-state index in [1.54, 1.807) is 31.6 Å². The number of hydrogen-bond donors (Lipinski definition) is 0. The third kappa shape index (κ3) is 3.08. The van der Waals surface area contributed by atoms with E-state index < -0.39 is 0 Å². The number of ether oxygens (including phenoxy) is 1. The second-order valence-corrected chi connectivity index (χ2v) is 5.12. The Morgan fingerprint density at radius 3 is 2.94 bits per heavy atom. The van der Waals surface area contributed by atoms with Gasteiger partial charge in [-0.1, -0.05) is 11.6 Å². The van der Waals surface area contributed by atoms with Crippen LogP contribution in [0.25, 0.3) is 0 Å². The Morgan fingerprint density at radius 1 is 1.41 bits per heavy atom. The Hall–Kier alpha value is -0.850. The molecule has 0 aromatic carbocycles. The van der Waals surface area contributed by atoms with Crippen LogP contribution in [0.1, 0.15) is 0 Å². The van der Waals surface area contributed by atoms with Crippen LogP contribution in [-0.2, 0) is 0 Å². The molecule has 4 nitrogen and oxygen atoms in total. The van der Waals surface area contributed by atoms with Gasteiger partial charge in [0, 0.05) is 12.4 Å². The quantitative estimate of drug-likeness (QED) is 0.806. The van der Waals surface area contributed by atoms with E-state index in [1.165, 1.54) is 11.8 Å². The van der Waals surface area contributed by atoms with E-state index in [0.717, 1.165) is 0 Å². The molecule has 0 unspecified atom stereocenters. The van der Waals surface area contributed by atoms with Gasteiger partial charge in [0.2, 0.25) is 5.88 Å². The molecule has 0 bridgehead atoms. The summed E-state index contributed by atoms with van der Waals surface area (Å²) in [6.45, 7) is 0. The number of hydrogen-bond acceptors (Lipinski definition) is 5. The molecule has 0 N–H and O–H groups in total. The van der Waals surface area contributed by atoms with Crippen molar-refractivity contribution in [3.05, 3.63) is 34.0 Å². The topological polar surface area (TPSA) is 47.9 Å². The number of nitrogens with zero attached hydrogens (tertiary/aromatic N) is 3. The summed E-state index contributed by atoms with van der Waals surface area (Å²) in [6.07, 6.45) is 3.30. The predicted octanol–water partition coefficient (Wildman–Crippen LogP) is 3.45. The first kappa shape index (κ1) is 12.6. The monoisotopic (exact) mass is 331 g/mol. The van der Waals surface area contributed by atoms with Gasteiger partial charge in [-0.2, -0.15) is 4.98 Å². The molecular weight excluding hydrogens is 326 g/mol. The summed E-state index contributed by atoms with van der Waals surface area (Å²) < 4.78 is 5.79. The first-order chi connectivity index (χ1) is 8.20. The zero-order chi connectivity index (χ0) is 12.3. The van der Waals surface area contributed by atoms with Gasteiger partial charge in [0.1, 0.15) is 5.03 Å². The zero-order valence-corrected chi connectivity index (χ0v) is 11.9. The molecule has 0 saturated carbocycles. The summed E-state index contributed by atoms with van der Waals surface area (Å²) in [5.74, 6) is 0.481. The highest BCUT2D eigenvalue weighted by Crippen LogP contribution is 2.31. The largest absolute Gasteiger partial charge is 0.480 e. The molecule has 0 amide bonds. The fourth-order valence-corrected chi connectivity index (χ4v) is 2.34. The summed E-state index contributed by atoms with van der Waals surface area (Å²) >= 11 is 10.6. The molecule has 0 saturated heterocycles. The highest BCUT2D eigenvalue weighted by Gasteiger charge is 2.09. The lowest BCUT2D eigenvalue weighted by Crippen LogP contribution is -1.93. The Balaban J connectivity index is 2.28. The van der Waals surface area contributed by atoms with Gasteiger partial charge >= 0.3 is 0 Å². The number of methoxy groups -OCH3 is 1. The normalized spacial score (nSPS) is 10.3. The van der Waals surface area contributed by atoms with Crippen molar-refractivity contribution in [3.8, 4) is 5.88 Å². The maximum Gasteiger partial charge on any atom is 0.231 e. The van der Waals surface area contributed by atoms with Gasteiger partial charge in [0.25, 0.3) is 0 Å². The second kappa shape index (κ2) is 5.66. The molecule has 2 heterocycles. The molecule has 0 fully saturated rings. The van der Waals surface area contributed by atoms with E-state index in [1.807, 2.05) is 0 Å². The first-order valence-electron chi connectivity index (χ1n) is 4.55. The molecular formula is C10H7BrClN3OS. The predicted molar refractivity (Wildman–Crippen MR) is 69.7 cm³/mol. The third-order valence-corrected chi connectivity index (χ3v) is 3.65. The standard InChI is InChI=1S/C10H7BrClN3OS/c1-16-8-6(11)5-14-10(15-8)17-9-7(12)3-2-4-13-9/h2-5H,1H3. The SMILES string of the molecule is COc1nc(Sc2ncccc2Cl)ncc1Br. The average molecular weight is 333 g/mol. The van der Waals surface area contributed by atoms with Gasteiger partial charge in [-0.05, 0) is 39.8 Å². The van der Waals surface area contributed by atoms with Gasteiger partial charge in [-0.15, -0.1) is 0 Å². The molecule has 0 atom stereocenters. The molecule has 2 aromatic heterocycles. The Bertz CT molecular complexity index is 541. The van der Waals surface area contributed by atoms with E-state index in [-0.39, 0.29) is 0 Å². The molecule has 0 aliphatic rings. The third-order valence-electron chi connectivity index (χ3n) is 1.80. The zero-order valence-electron chi connectivity index (χ0n) is 8.72. The summed E-state index contributed by atoms with van der Waals surface area (Å²) in [5, 5.41) is 1.77. The van der Waals surface area contributed by atoms with Crippen molar-refractivity contribution >= 4 is 39.3 Å². The number of rotatable bonds is 3. The van der Waals surface area contributed by atoms with Crippen molar-refractivity contribution in [2.75, 3.05) is 7.11 Å². The Labute approximate surface area is 116 Å². The minimum atomic E-state index is 0.481. The van der Waals surface area contributed by atoms with E-state index >= 15 is 0 Å². The maximum absolute atomic E-state index is 6.00. The van der Waals surface area contributed by atoms with Crippen LogP contribution in [0.2, 0.25) is 5.02 Å². The average Bonchev–Trinajstić information content (AvgIpc) is 2.34. The molecule has 2 aromatic rings. The van der Waals surface area contributed by atoms with E-state index in [0.29, 0.717) is 25.6 Å². The summed E-state index contributed by atoms with van der Waals surface area (Å²) in [5.41, 5.74) is 0. The first-order valence-corrected chi connectivity index (χ1v) is 6.54. The lowest BCUT2D eigenvalue weighted by Gasteiger charge is -2.04. The van der Waals surface area contributed by atoms with Crippen LogP contribution in [0.15, 0.2) is 39.2 Å². The lowest BCUT2D eigenvalue weighted by molar-refractivity contribution is 0.389. The fourth-order valence-electron chi connectivity index (χ4n) is 1.06. The summed E-state index contributed by atoms with van der Waals surface area (Å²) in [7, 11) is 1.55. The van der Waals surface area contributed by atoms with Crippen LogP contribution >= 0.6 is 39.3 Å². The van der Waals surface area contributed by atoms with E-state index in [4.69, 9.17) is 16.3 Å². The van der Waals surface area contributed by atoms with Crippen LogP contribution in [0.4, 0.5) is 0 Å². The number of pyridine rings is 1. The summed E-state index contributed by atoms with van der Waals surface area (Å²) in [4.78, 5) is 12.5. The molecule has 0 spiro atoms. The van der Waals surface area contributed by atoms with Crippen molar-refractivity contribution in [2.24, 2.45) is 0 Å². The fraction of sp³-hybridized carbons (Fsp3) is 0.100. The van der Waals surface area contributed by atoms with Gasteiger partial charge in [-0.3, -0.25) is 0 Å². The summed E-state index contributed by atoms with van der Waals surface area (Å²) in [6, 6.07) is 3.54. The molecule has 2 rings (SSSR count). The Morgan fingerprint density at radius 2 is 2.24 bits per heavy atom. The smallest absolute Gasteiger partial charge is 0.231 e. The molecule has 7 heteroatoms. The minimum absolute atomic E-state index is 0.481. The number of halogens is 2. The minimum Gasteiger partial charge on any atom is -0.480 e. The molecule has 0 radical (unpaired) electrons. The highest BCUT2D eigenvalue weighted by molar-refractivity contribution is 9.10. The van der Waals surface area contributed by atoms with Crippen molar-refractivity contribution < 1.29 is 4.74 Å². The van der Waals surface area contributed by atoms with Crippen molar-refractivity contribution in [1.82, 2.24) is 15.0 Å². The number of aromatic nitrogens is 3. The van der Waals surface area contributed by atoms with Gasteiger partial charge in [0.15, 0.2) is 5.16 Å². The van der Waals surface area contributed by atoms with Crippen LogP contribution < -0.4 is 4.74 Å². The van der Waals surface area contributed by atoms with Gasteiger partial charge in [-0.25, -0.2) is 9.97 Å².